The van der Waals surface area contributed by atoms with Crippen molar-refractivity contribution in [1.29, 1.82) is 0 Å². The third kappa shape index (κ3) is 3.85. The first-order chi connectivity index (χ1) is 12.7. The molecule has 0 amide bonds. The van der Waals surface area contributed by atoms with E-state index >= 15 is 0 Å². The van der Waals surface area contributed by atoms with Gasteiger partial charge in [0.15, 0.2) is 0 Å². The van der Waals surface area contributed by atoms with E-state index in [0.29, 0.717) is 6.04 Å². The summed E-state index contributed by atoms with van der Waals surface area (Å²) < 4.78 is 5.52. The van der Waals surface area contributed by atoms with Crippen molar-refractivity contribution in [3.8, 4) is 11.3 Å². The Morgan fingerprint density at radius 1 is 1.19 bits per heavy atom. The maximum Gasteiger partial charge on any atom is 0.0698 e. The van der Waals surface area contributed by atoms with Gasteiger partial charge in [-0.1, -0.05) is 17.7 Å². The van der Waals surface area contributed by atoms with Gasteiger partial charge >= 0.3 is 0 Å². The fourth-order valence-corrected chi connectivity index (χ4v) is 4.33. The average Bonchev–Trinajstić information content (AvgIpc) is 3.12. The fourth-order valence-electron chi connectivity index (χ4n) is 4.33. The molecular weight excluding hydrogens is 324 g/mol. The molecule has 0 aliphatic carbocycles. The molecule has 2 aliphatic heterocycles. The summed E-state index contributed by atoms with van der Waals surface area (Å²) in [5.41, 5.74) is 6.35. The molecule has 1 atom stereocenters. The molecule has 140 valence electrons. The molecule has 5 nitrogen and oxygen atoms in total. The number of aryl methyl sites for hydroxylation is 2. The van der Waals surface area contributed by atoms with Crippen molar-refractivity contribution in [2.75, 3.05) is 39.4 Å². The Morgan fingerprint density at radius 2 is 2.04 bits per heavy atom. The van der Waals surface area contributed by atoms with E-state index in [-0.39, 0.29) is 0 Å². The van der Waals surface area contributed by atoms with E-state index in [1.54, 1.807) is 0 Å². The molecule has 2 aromatic rings. The van der Waals surface area contributed by atoms with Crippen molar-refractivity contribution in [3.05, 3.63) is 41.1 Å². The van der Waals surface area contributed by atoms with E-state index in [2.05, 4.69) is 52.0 Å². The second-order valence-electron chi connectivity index (χ2n) is 7.77. The van der Waals surface area contributed by atoms with Gasteiger partial charge in [0, 0.05) is 43.3 Å². The molecule has 2 saturated heterocycles. The molecule has 0 spiro atoms. The van der Waals surface area contributed by atoms with E-state index in [9.17, 15) is 0 Å². The number of likely N-dealkylation sites (tertiary alicyclic amines) is 1. The largest absolute Gasteiger partial charge is 0.379 e. The number of rotatable bonds is 4. The lowest BCUT2D eigenvalue weighted by atomic mass is 9.99. The zero-order valence-electron chi connectivity index (χ0n) is 16.0. The molecule has 2 aliphatic rings. The van der Waals surface area contributed by atoms with Crippen LogP contribution in [0.4, 0.5) is 0 Å². The van der Waals surface area contributed by atoms with Crippen LogP contribution in [0.3, 0.4) is 0 Å². The summed E-state index contributed by atoms with van der Waals surface area (Å²) in [5, 5.41) is 7.62. The second kappa shape index (κ2) is 7.91. The molecular formula is C21H30N4O. The van der Waals surface area contributed by atoms with Gasteiger partial charge in [-0.05, 0) is 44.9 Å². The van der Waals surface area contributed by atoms with Crippen LogP contribution in [0.2, 0.25) is 0 Å². The number of benzene rings is 1. The van der Waals surface area contributed by atoms with Crippen molar-refractivity contribution >= 4 is 0 Å². The Labute approximate surface area is 156 Å². The van der Waals surface area contributed by atoms with Crippen LogP contribution >= 0.6 is 0 Å². The third-order valence-electron chi connectivity index (χ3n) is 5.82. The molecule has 0 bridgehead atoms. The van der Waals surface area contributed by atoms with Crippen LogP contribution in [0.15, 0.2) is 24.4 Å². The first kappa shape index (κ1) is 17.7. The minimum absolute atomic E-state index is 0.670. The summed E-state index contributed by atoms with van der Waals surface area (Å²) in [5.74, 6) is 0. The van der Waals surface area contributed by atoms with E-state index in [1.807, 2.05) is 6.20 Å². The molecule has 1 unspecified atom stereocenters. The summed E-state index contributed by atoms with van der Waals surface area (Å²) >= 11 is 0. The Balaban J connectivity index is 1.48. The number of aromatic nitrogens is 2. The Hall–Kier alpha value is -1.69. The molecule has 1 N–H and O–H groups in total. The number of hydrogen-bond acceptors (Lipinski definition) is 4. The van der Waals surface area contributed by atoms with Crippen LogP contribution in [0, 0.1) is 13.8 Å². The third-order valence-corrected chi connectivity index (χ3v) is 5.82. The highest BCUT2D eigenvalue weighted by atomic mass is 16.5. The summed E-state index contributed by atoms with van der Waals surface area (Å²) in [6.45, 7) is 11.6. The Bertz CT molecular complexity index is 735. The zero-order valence-corrected chi connectivity index (χ0v) is 16.0. The Morgan fingerprint density at radius 3 is 2.88 bits per heavy atom. The number of morpholine rings is 1. The lowest BCUT2D eigenvalue weighted by molar-refractivity contribution is -0.00356. The van der Waals surface area contributed by atoms with Crippen LogP contribution < -0.4 is 0 Å². The SMILES string of the molecule is Cc1ccc(C)c(-c2[nH]ncc2CN2CCCC(N3CCOCC3)C2)c1. The molecule has 2 fully saturated rings. The van der Waals surface area contributed by atoms with Gasteiger partial charge in [-0.3, -0.25) is 14.9 Å². The normalized spacial score (nSPS) is 22.6. The van der Waals surface area contributed by atoms with E-state index < -0.39 is 0 Å². The van der Waals surface area contributed by atoms with Gasteiger partial charge in [0.2, 0.25) is 0 Å². The molecule has 0 saturated carbocycles. The fraction of sp³-hybridized carbons (Fsp3) is 0.571. The molecule has 26 heavy (non-hydrogen) atoms. The van der Waals surface area contributed by atoms with Crippen molar-refractivity contribution in [2.45, 2.75) is 39.3 Å². The monoisotopic (exact) mass is 354 g/mol. The Kier molecular flexibility index (Phi) is 5.38. The number of aromatic amines is 1. The maximum absolute atomic E-state index is 5.52. The molecule has 5 heteroatoms. The van der Waals surface area contributed by atoms with Gasteiger partial charge in [0.1, 0.15) is 0 Å². The number of piperidine rings is 1. The topological polar surface area (TPSA) is 44.4 Å². The van der Waals surface area contributed by atoms with Crippen molar-refractivity contribution in [1.82, 2.24) is 20.0 Å². The lowest BCUT2D eigenvalue weighted by Gasteiger charge is -2.40. The molecule has 4 rings (SSSR count). The quantitative estimate of drug-likeness (QED) is 0.917. The molecule has 3 heterocycles. The van der Waals surface area contributed by atoms with Crippen LogP contribution in [0.25, 0.3) is 11.3 Å². The number of nitrogens with zero attached hydrogens (tertiary/aromatic N) is 3. The van der Waals surface area contributed by atoms with Crippen LogP contribution in [0.1, 0.15) is 29.5 Å². The zero-order chi connectivity index (χ0) is 17.9. The van der Waals surface area contributed by atoms with Crippen LogP contribution in [-0.2, 0) is 11.3 Å². The van der Waals surface area contributed by atoms with Crippen molar-refractivity contribution in [2.24, 2.45) is 0 Å². The number of nitrogens with one attached hydrogen (secondary N) is 1. The average molecular weight is 354 g/mol. The number of hydrogen-bond donors (Lipinski definition) is 1. The smallest absolute Gasteiger partial charge is 0.0698 e. The van der Waals surface area contributed by atoms with Crippen LogP contribution in [-0.4, -0.2) is 65.4 Å². The molecule has 0 radical (unpaired) electrons. The first-order valence-electron chi connectivity index (χ1n) is 9.85. The summed E-state index contributed by atoms with van der Waals surface area (Å²) in [4.78, 5) is 5.22. The minimum Gasteiger partial charge on any atom is -0.379 e. The highest BCUT2D eigenvalue weighted by molar-refractivity contribution is 5.67. The highest BCUT2D eigenvalue weighted by Crippen LogP contribution is 2.28. The van der Waals surface area contributed by atoms with E-state index in [0.717, 1.165) is 39.4 Å². The predicted octanol–water partition coefficient (Wildman–Crippen LogP) is 2.99. The predicted molar refractivity (Wildman–Crippen MR) is 104 cm³/mol. The summed E-state index contributed by atoms with van der Waals surface area (Å²) in [6, 6.07) is 7.31. The van der Waals surface area contributed by atoms with Crippen molar-refractivity contribution in [3.63, 3.8) is 0 Å². The molecule has 1 aromatic heterocycles. The second-order valence-corrected chi connectivity index (χ2v) is 7.77. The van der Waals surface area contributed by atoms with Gasteiger partial charge in [-0.2, -0.15) is 5.10 Å². The summed E-state index contributed by atoms with van der Waals surface area (Å²) in [6.07, 6.45) is 4.60. The van der Waals surface area contributed by atoms with Crippen molar-refractivity contribution < 1.29 is 4.74 Å². The number of H-pyrrole nitrogens is 1. The van der Waals surface area contributed by atoms with E-state index in [1.165, 1.54) is 47.3 Å². The molecule has 1 aromatic carbocycles. The van der Waals surface area contributed by atoms with Gasteiger partial charge in [0.25, 0.3) is 0 Å². The van der Waals surface area contributed by atoms with Gasteiger partial charge in [-0.15, -0.1) is 0 Å². The number of ether oxygens (including phenoxy) is 1. The first-order valence-corrected chi connectivity index (χ1v) is 9.85. The van der Waals surface area contributed by atoms with Gasteiger partial charge in [0.05, 0.1) is 25.1 Å². The van der Waals surface area contributed by atoms with Gasteiger partial charge < -0.3 is 4.74 Å². The lowest BCUT2D eigenvalue weighted by Crippen LogP contribution is -2.51. The van der Waals surface area contributed by atoms with Crippen LogP contribution in [0.5, 0.6) is 0 Å². The van der Waals surface area contributed by atoms with Gasteiger partial charge in [-0.25, -0.2) is 0 Å². The minimum atomic E-state index is 0.670. The summed E-state index contributed by atoms with van der Waals surface area (Å²) in [7, 11) is 0. The van der Waals surface area contributed by atoms with E-state index in [4.69, 9.17) is 4.74 Å². The standard InChI is InChI=1S/C21H30N4O/c1-16-5-6-17(2)20(12-16)21-18(13-22-23-21)14-24-7-3-4-19(15-24)25-8-10-26-11-9-25/h5-6,12-13,19H,3-4,7-11,14-15H2,1-2H3,(H,22,23). The maximum atomic E-state index is 5.52. The highest BCUT2D eigenvalue weighted by Gasteiger charge is 2.27.